The predicted molar refractivity (Wildman–Crippen MR) is 118 cm³/mol. The van der Waals surface area contributed by atoms with E-state index in [1.807, 2.05) is 61.5 Å². The molecule has 1 amide bonds. The molecule has 4 aromatic rings. The third-order valence-corrected chi connectivity index (χ3v) is 5.61. The van der Waals surface area contributed by atoms with E-state index in [-0.39, 0.29) is 12.5 Å². The standard InChI is InChI=1S/C23H21N3O3S/c1-16-8-10-18(11-9-16)29-15-21(27)26(14-17-5-4-12-24-13-17)23-25-22-19(28-2)6-3-7-20(22)30-23/h3-13H,14-15H2,1-2H3. The number of hydrogen-bond donors (Lipinski definition) is 0. The molecular weight excluding hydrogens is 398 g/mol. The van der Waals surface area contributed by atoms with Crippen LogP contribution in [0.5, 0.6) is 11.5 Å². The molecule has 0 fully saturated rings. The smallest absolute Gasteiger partial charge is 0.267 e. The summed E-state index contributed by atoms with van der Waals surface area (Å²) in [6, 6.07) is 17.1. The number of anilines is 1. The number of carbonyl (C=O) groups excluding carboxylic acids is 1. The Labute approximate surface area is 178 Å². The number of ether oxygens (including phenoxy) is 2. The lowest BCUT2D eigenvalue weighted by molar-refractivity contribution is -0.120. The van der Waals surface area contributed by atoms with Gasteiger partial charge in [0.2, 0.25) is 0 Å². The number of benzene rings is 2. The Balaban J connectivity index is 1.62. The van der Waals surface area contributed by atoms with Gasteiger partial charge >= 0.3 is 0 Å². The highest BCUT2D eigenvalue weighted by Gasteiger charge is 2.22. The number of methoxy groups -OCH3 is 1. The molecule has 152 valence electrons. The Hall–Kier alpha value is -3.45. The summed E-state index contributed by atoms with van der Waals surface area (Å²) < 4.78 is 12.1. The summed E-state index contributed by atoms with van der Waals surface area (Å²) in [5.74, 6) is 1.15. The Morgan fingerprint density at radius 1 is 1.10 bits per heavy atom. The molecule has 7 heteroatoms. The number of para-hydroxylation sites is 1. The van der Waals surface area contributed by atoms with E-state index in [4.69, 9.17) is 14.5 Å². The van der Waals surface area contributed by atoms with Crippen LogP contribution in [0, 0.1) is 6.92 Å². The Morgan fingerprint density at radius 2 is 1.93 bits per heavy atom. The molecule has 0 aliphatic heterocycles. The van der Waals surface area contributed by atoms with Gasteiger partial charge in [-0.05, 0) is 42.8 Å². The summed E-state index contributed by atoms with van der Waals surface area (Å²) in [7, 11) is 1.61. The lowest BCUT2D eigenvalue weighted by atomic mass is 10.2. The van der Waals surface area contributed by atoms with Crippen LogP contribution < -0.4 is 14.4 Å². The van der Waals surface area contributed by atoms with Crippen molar-refractivity contribution in [3.05, 3.63) is 78.1 Å². The molecule has 2 aromatic heterocycles. The number of thiazole rings is 1. The van der Waals surface area contributed by atoms with Gasteiger partial charge in [0, 0.05) is 12.4 Å². The van der Waals surface area contributed by atoms with Gasteiger partial charge in [0.15, 0.2) is 11.7 Å². The van der Waals surface area contributed by atoms with Gasteiger partial charge in [-0.1, -0.05) is 41.2 Å². The maximum absolute atomic E-state index is 13.1. The van der Waals surface area contributed by atoms with Gasteiger partial charge in [-0.15, -0.1) is 0 Å². The number of rotatable bonds is 7. The Bertz CT molecular complexity index is 1140. The van der Waals surface area contributed by atoms with Crippen molar-refractivity contribution >= 4 is 32.6 Å². The number of amides is 1. The van der Waals surface area contributed by atoms with Crippen LogP contribution in [0.1, 0.15) is 11.1 Å². The number of fused-ring (bicyclic) bond motifs is 1. The highest BCUT2D eigenvalue weighted by Crippen LogP contribution is 2.34. The molecule has 0 aliphatic carbocycles. The summed E-state index contributed by atoms with van der Waals surface area (Å²) in [6.45, 7) is 2.27. The molecule has 2 aromatic carbocycles. The molecule has 0 atom stereocenters. The van der Waals surface area contributed by atoms with Crippen molar-refractivity contribution in [2.45, 2.75) is 13.5 Å². The largest absolute Gasteiger partial charge is 0.494 e. The molecule has 0 aliphatic rings. The molecule has 6 nitrogen and oxygen atoms in total. The lowest BCUT2D eigenvalue weighted by Crippen LogP contribution is -2.34. The molecule has 4 rings (SSSR count). The van der Waals surface area contributed by atoms with Gasteiger partial charge in [0.25, 0.3) is 5.91 Å². The second-order valence-electron chi connectivity index (χ2n) is 6.75. The summed E-state index contributed by atoms with van der Waals surface area (Å²) in [5, 5.41) is 0.593. The topological polar surface area (TPSA) is 64.5 Å². The van der Waals surface area contributed by atoms with E-state index in [1.165, 1.54) is 11.3 Å². The van der Waals surface area contributed by atoms with E-state index in [9.17, 15) is 4.79 Å². The highest BCUT2D eigenvalue weighted by atomic mass is 32.1. The Morgan fingerprint density at radius 3 is 2.67 bits per heavy atom. The molecule has 30 heavy (non-hydrogen) atoms. The minimum absolute atomic E-state index is 0.0869. The van der Waals surface area contributed by atoms with Gasteiger partial charge < -0.3 is 9.47 Å². The average Bonchev–Trinajstić information content (AvgIpc) is 3.21. The number of pyridine rings is 1. The zero-order valence-electron chi connectivity index (χ0n) is 16.7. The second kappa shape index (κ2) is 8.92. The molecule has 0 spiro atoms. The molecule has 0 radical (unpaired) electrons. The monoisotopic (exact) mass is 419 g/mol. The molecule has 0 saturated carbocycles. The van der Waals surface area contributed by atoms with Crippen LogP contribution in [-0.2, 0) is 11.3 Å². The minimum Gasteiger partial charge on any atom is -0.494 e. The fourth-order valence-corrected chi connectivity index (χ4v) is 3.99. The Kier molecular flexibility index (Phi) is 5.90. The van der Waals surface area contributed by atoms with Crippen molar-refractivity contribution < 1.29 is 14.3 Å². The third kappa shape index (κ3) is 4.41. The van der Waals surface area contributed by atoms with Crippen LogP contribution in [0.4, 0.5) is 5.13 Å². The van der Waals surface area contributed by atoms with Crippen LogP contribution in [-0.4, -0.2) is 29.6 Å². The first-order valence-electron chi connectivity index (χ1n) is 9.46. The number of nitrogens with zero attached hydrogens (tertiary/aromatic N) is 3. The quantitative estimate of drug-likeness (QED) is 0.437. The first kappa shape index (κ1) is 19.8. The number of aromatic nitrogens is 2. The van der Waals surface area contributed by atoms with Crippen molar-refractivity contribution in [1.82, 2.24) is 9.97 Å². The summed E-state index contributed by atoms with van der Waals surface area (Å²) in [5.41, 5.74) is 2.78. The maximum Gasteiger partial charge on any atom is 0.267 e. The van der Waals surface area contributed by atoms with Crippen LogP contribution in [0.25, 0.3) is 10.2 Å². The predicted octanol–water partition coefficient (Wildman–Crippen LogP) is 4.62. The van der Waals surface area contributed by atoms with E-state index >= 15 is 0 Å². The number of hydrogen-bond acceptors (Lipinski definition) is 6. The maximum atomic E-state index is 13.1. The van der Waals surface area contributed by atoms with Gasteiger partial charge in [-0.3, -0.25) is 14.7 Å². The van der Waals surface area contributed by atoms with Gasteiger partial charge in [0.1, 0.15) is 17.0 Å². The van der Waals surface area contributed by atoms with Crippen LogP contribution in [0.2, 0.25) is 0 Å². The molecule has 2 heterocycles. The average molecular weight is 420 g/mol. The lowest BCUT2D eigenvalue weighted by Gasteiger charge is -2.20. The van der Waals surface area contributed by atoms with Crippen molar-refractivity contribution in [2.24, 2.45) is 0 Å². The molecular formula is C23H21N3O3S. The van der Waals surface area contributed by atoms with Crippen molar-refractivity contribution in [2.75, 3.05) is 18.6 Å². The van der Waals surface area contributed by atoms with Crippen molar-refractivity contribution in [1.29, 1.82) is 0 Å². The number of carbonyl (C=O) groups is 1. The van der Waals surface area contributed by atoms with E-state index < -0.39 is 0 Å². The van der Waals surface area contributed by atoms with Crippen LogP contribution >= 0.6 is 11.3 Å². The van der Waals surface area contributed by atoms with Gasteiger partial charge in [-0.2, -0.15) is 0 Å². The SMILES string of the molecule is COc1cccc2sc(N(Cc3cccnc3)C(=O)COc3ccc(C)cc3)nc12. The summed E-state index contributed by atoms with van der Waals surface area (Å²) >= 11 is 1.44. The first-order valence-corrected chi connectivity index (χ1v) is 10.3. The van der Waals surface area contributed by atoms with E-state index in [1.54, 1.807) is 24.4 Å². The van der Waals surface area contributed by atoms with Crippen molar-refractivity contribution in [3.8, 4) is 11.5 Å². The van der Waals surface area contributed by atoms with Crippen molar-refractivity contribution in [3.63, 3.8) is 0 Å². The molecule has 0 saturated heterocycles. The van der Waals surface area contributed by atoms with Gasteiger partial charge in [0.05, 0.1) is 18.4 Å². The van der Waals surface area contributed by atoms with Crippen LogP contribution in [0.15, 0.2) is 67.0 Å². The second-order valence-corrected chi connectivity index (χ2v) is 7.76. The first-order chi connectivity index (χ1) is 14.6. The van der Waals surface area contributed by atoms with E-state index in [0.717, 1.165) is 21.3 Å². The third-order valence-electron chi connectivity index (χ3n) is 4.57. The zero-order chi connectivity index (χ0) is 20.9. The fraction of sp³-hybridized carbons (Fsp3) is 0.174. The van der Waals surface area contributed by atoms with Crippen LogP contribution in [0.3, 0.4) is 0 Å². The molecule has 0 unspecified atom stereocenters. The zero-order valence-corrected chi connectivity index (χ0v) is 17.6. The highest BCUT2D eigenvalue weighted by molar-refractivity contribution is 7.22. The normalized spacial score (nSPS) is 10.7. The van der Waals surface area contributed by atoms with Gasteiger partial charge in [-0.25, -0.2) is 4.98 Å². The molecule has 0 N–H and O–H groups in total. The summed E-state index contributed by atoms with van der Waals surface area (Å²) in [4.78, 5) is 23.6. The number of aryl methyl sites for hydroxylation is 1. The van der Waals surface area contributed by atoms with E-state index in [0.29, 0.717) is 23.2 Å². The fourth-order valence-electron chi connectivity index (χ4n) is 2.99. The summed E-state index contributed by atoms with van der Waals surface area (Å²) in [6.07, 6.45) is 3.45. The molecule has 0 bridgehead atoms. The van der Waals surface area contributed by atoms with E-state index in [2.05, 4.69) is 4.98 Å². The minimum atomic E-state index is -0.183.